The minimum absolute atomic E-state index is 0.145. The zero-order valence-electron chi connectivity index (χ0n) is 12.1. The summed E-state index contributed by atoms with van der Waals surface area (Å²) in [5.41, 5.74) is 2.54. The van der Waals surface area contributed by atoms with Gasteiger partial charge in [-0.15, -0.1) is 0 Å². The molecule has 1 heterocycles. The molecule has 0 bridgehead atoms. The van der Waals surface area contributed by atoms with Gasteiger partial charge in [-0.05, 0) is 31.5 Å². The molecule has 1 aromatic carbocycles. The molecule has 0 spiro atoms. The summed E-state index contributed by atoms with van der Waals surface area (Å²) in [7, 11) is 1.86. The molecule has 0 N–H and O–H groups in total. The highest BCUT2D eigenvalue weighted by atomic mass is 16.2. The largest absolute Gasteiger partial charge is 0.368 e. The smallest absolute Gasteiger partial charge is 0.319 e. The predicted octanol–water partition coefficient (Wildman–Crippen LogP) is 2.19. The van der Waals surface area contributed by atoms with Crippen molar-refractivity contribution < 1.29 is 4.79 Å². The molecule has 1 aromatic rings. The van der Waals surface area contributed by atoms with E-state index in [-0.39, 0.29) is 6.03 Å². The lowest BCUT2D eigenvalue weighted by molar-refractivity contribution is 0.161. The second-order valence-electron chi connectivity index (χ2n) is 5.11. The third-order valence-corrected chi connectivity index (χ3v) is 3.72. The van der Waals surface area contributed by atoms with Gasteiger partial charge < -0.3 is 14.7 Å². The van der Waals surface area contributed by atoms with Gasteiger partial charge in [0.1, 0.15) is 0 Å². The summed E-state index contributed by atoms with van der Waals surface area (Å²) >= 11 is 0. The number of carbonyl (C=O) groups is 1. The average Bonchev–Trinajstić information content (AvgIpc) is 2.46. The molecule has 2 rings (SSSR count). The minimum atomic E-state index is 0.145. The number of benzene rings is 1. The normalized spacial score (nSPS) is 15.5. The maximum absolute atomic E-state index is 12.1. The van der Waals surface area contributed by atoms with Crippen LogP contribution in [-0.4, -0.2) is 55.6 Å². The number of piperazine rings is 1. The van der Waals surface area contributed by atoms with E-state index in [0.29, 0.717) is 0 Å². The standard InChI is InChI=1S/C15H23N3O/c1-4-16(3)15(19)18-10-8-17(9-11-18)14-7-5-6-13(2)12-14/h5-7,12H,4,8-11H2,1-3H3. The van der Waals surface area contributed by atoms with Crippen molar-refractivity contribution in [3.05, 3.63) is 29.8 Å². The van der Waals surface area contributed by atoms with Crippen LogP contribution in [0.2, 0.25) is 0 Å². The topological polar surface area (TPSA) is 26.8 Å². The molecule has 0 saturated carbocycles. The molecule has 19 heavy (non-hydrogen) atoms. The van der Waals surface area contributed by atoms with Gasteiger partial charge in [-0.1, -0.05) is 12.1 Å². The summed E-state index contributed by atoms with van der Waals surface area (Å²) in [5, 5.41) is 0. The summed E-state index contributed by atoms with van der Waals surface area (Å²) in [4.78, 5) is 18.1. The number of aryl methyl sites for hydroxylation is 1. The summed E-state index contributed by atoms with van der Waals surface area (Å²) < 4.78 is 0. The maximum Gasteiger partial charge on any atom is 0.319 e. The van der Waals surface area contributed by atoms with Crippen molar-refractivity contribution in [3.63, 3.8) is 0 Å². The molecule has 0 unspecified atom stereocenters. The third-order valence-electron chi connectivity index (χ3n) is 3.72. The summed E-state index contributed by atoms with van der Waals surface area (Å²) in [5.74, 6) is 0. The Morgan fingerprint density at radius 3 is 2.53 bits per heavy atom. The van der Waals surface area contributed by atoms with Crippen molar-refractivity contribution in [1.29, 1.82) is 0 Å². The maximum atomic E-state index is 12.1. The van der Waals surface area contributed by atoms with Gasteiger partial charge >= 0.3 is 6.03 Å². The highest BCUT2D eigenvalue weighted by Gasteiger charge is 2.22. The van der Waals surface area contributed by atoms with Crippen molar-refractivity contribution >= 4 is 11.7 Å². The lowest BCUT2D eigenvalue weighted by atomic mass is 10.2. The van der Waals surface area contributed by atoms with Gasteiger partial charge in [0.25, 0.3) is 0 Å². The van der Waals surface area contributed by atoms with Gasteiger partial charge in [0, 0.05) is 45.5 Å². The molecule has 104 valence electrons. The van der Waals surface area contributed by atoms with E-state index >= 15 is 0 Å². The Kier molecular flexibility index (Phi) is 4.30. The number of amides is 2. The fourth-order valence-electron chi connectivity index (χ4n) is 2.36. The number of rotatable bonds is 2. The van der Waals surface area contributed by atoms with E-state index in [1.807, 2.05) is 18.9 Å². The Balaban J connectivity index is 1.94. The number of carbonyl (C=O) groups excluding carboxylic acids is 1. The zero-order chi connectivity index (χ0) is 13.8. The number of anilines is 1. The first kappa shape index (κ1) is 13.7. The van der Waals surface area contributed by atoms with E-state index in [9.17, 15) is 4.79 Å². The molecule has 1 fully saturated rings. The Labute approximate surface area is 115 Å². The van der Waals surface area contributed by atoms with E-state index in [1.165, 1.54) is 11.3 Å². The van der Waals surface area contributed by atoms with Gasteiger partial charge in [-0.25, -0.2) is 4.79 Å². The number of urea groups is 1. The van der Waals surface area contributed by atoms with E-state index in [0.717, 1.165) is 32.7 Å². The van der Waals surface area contributed by atoms with Gasteiger partial charge in [-0.2, -0.15) is 0 Å². The van der Waals surface area contributed by atoms with Crippen LogP contribution in [0.3, 0.4) is 0 Å². The van der Waals surface area contributed by atoms with E-state index in [2.05, 4.69) is 36.1 Å². The van der Waals surface area contributed by atoms with E-state index in [4.69, 9.17) is 0 Å². The van der Waals surface area contributed by atoms with Crippen LogP contribution < -0.4 is 4.90 Å². The summed E-state index contributed by atoms with van der Waals surface area (Å²) in [6.07, 6.45) is 0. The SMILES string of the molecule is CCN(C)C(=O)N1CCN(c2cccc(C)c2)CC1. The summed E-state index contributed by atoms with van der Waals surface area (Å²) in [6, 6.07) is 8.69. The van der Waals surface area contributed by atoms with Crippen LogP contribution in [0, 0.1) is 6.92 Å². The van der Waals surface area contributed by atoms with Crippen LogP contribution in [0.5, 0.6) is 0 Å². The van der Waals surface area contributed by atoms with Gasteiger partial charge in [0.15, 0.2) is 0 Å². The second kappa shape index (κ2) is 5.95. The number of nitrogens with zero attached hydrogens (tertiary/aromatic N) is 3. The van der Waals surface area contributed by atoms with Crippen molar-refractivity contribution in [2.45, 2.75) is 13.8 Å². The highest BCUT2D eigenvalue weighted by Crippen LogP contribution is 2.18. The Morgan fingerprint density at radius 1 is 1.26 bits per heavy atom. The van der Waals surface area contributed by atoms with Crippen LogP contribution in [0.1, 0.15) is 12.5 Å². The molecular weight excluding hydrogens is 238 g/mol. The van der Waals surface area contributed by atoms with Crippen molar-refractivity contribution in [2.24, 2.45) is 0 Å². The zero-order valence-corrected chi connectivity index (χ0v) is 12.1. The fraction of sp³-hybridized carbons (Fsp3) is 0.533. The molecule has 1 aliphatic rings. The molecule has 2 amide bonds. The Morgan fingerprint density at radius 2 is 1.95 bits per heavy atom. The van der Waals surface area contributed by atoms with Crippen LogP contribution in [0.25, 0.3) is 0 Å². The molecule has 0 radical (unpaired) electrons. The second-order valence-corrected chi connectivity index (χ2v) is 5.11. The Hall–Kier alpha value is -1.71. The molecule has 0 atom stereocenters. The van der Waals surface area contributed by atoms with Crippen LogP contribution in [0.15, 0.2) is 24.3 Å². The average molecular weight is 261 g/mol. The highest BCUT2D eigenvalue weighted by molar-refractivity contribution is 5.74. The van der Waals surface area contributed by atoms with Crippen molar-refractivity contribution in [1.82, 2.24) is 9.80 Å². The van der Waals surface area contributed by atoms with E-state index in [1.54, 1.807) is 4.90 Å². The van der Waals surface area contributed by atoms with Crippen molar-refractivity contribution in [2.75, 3.05) is 44.7 Å². The molecule has 4 nitrogen and oxygen atoms in total. The fourth-order valence-corrected chi connectivity index (χ4v) is 2.36. The molecule has 0 aliphatic carbocycles. The third kappa shape index (κ3) is 3.19. The van der Waals surface area contributed by atoms with Gasteiger partial charge in [0.05, 0.1) is 0 Å². The first-order valence-electron chi connectivity index (χ1n) is 6.93. The lowest BCUT2D eigenvalue weighted by Gasteiger charge is -2.37. The minimum Gasteiger partial charge on any atom is -0.368 e. The predicted molar refractivity (Wildman–Crippen MR) is 78.7 cm³/mol. The lowest BCUT2D eigenvalue weighted by Crippen LogP contribution is -2.52. The molecule has 0 aromatic heterocycles. The van der Waals surface area contributed by atoms with Crippen LogP contribution >= 0.6 is 0 Å². The van der Waals surface area contributed by atoms with Crippen LogP contribution in [0.4, 0.5) is 10.5 Å². The van der Waals surface area contributed by atoms with E-state index < -0.39 is 0 Å². The number of hydrogen-bond acceptors (Lipinski definition) is 2. The monoisotopic (exact) mass is 261 g/mol. The molecule has 1 aliphatic heterocycles. The molecule has 1 saturated heterocycles. The summed E-state index contributed by atoms with van der Waals surface area (Å²) in [6.45, 7) is 8.30. The van der Waals surface area contributed by atoms with Gasteiger partial charge in [0.2, 0.25) is 0 Å². The first-order valence-corrected chi connectivity index (χ1v) is 6.93. The molecular formula is C15H23N3O. The van der Waals surface area contributed by atoms with Crippen molar-refractivity contribution in [3.8, 4) is 0 Å². The first-order chi connectivity index (χ1) is 9.11. The Bertz CT molecular complexity index is 439. The number of hydrogen-bond donors (Lipinski definition) is 0. The molecule has 4 heteroatoms. The van der Waals surface area contributed by atoms with Gasteiger partial charge in [-0.3, -0.25) is 0 Å². The quantitative estimate of drug-likeness (QED) is 0.816. The van der Waals surface area contributed by atoms with Crippen LogP contribution in [-0.2, 0) is 0 Å².